The Hall–Kier alpha value is -2.12. The molecule has 2 N–H and O–H groups in total. The van der Waals surface area contributed by atoms with E-state index in [-0.39, 0.29) is 24.5 Å². The van der Waals surface area contributed by atoms with Gasteiger partial charge in [0, 0.05) is 37.5 Å². The average molecular weight is 347 g/mol. The summed E-state index contributed by atoms with van der Waals surface area (Å²) in [6, 6.07) is 7.25. The molecular weight excluding hydrogens is 322 g/mol. The maximum Gasteiger partial charge on any atom is 0.254 e. The molecule has 0 aliphatic carbocycles. The Morgan fingerprint density at radius 2 is 2.04 bits per heavy atom. The van der Waals surface area contributed by atoms with Crippen LogP contribution in [0.4, 0.5) is 5.69 Å². The Morgan fingerprint density at radius 3 is 2.80 bits per heavy atom. The Bertz CT molecular complexity index is 596. The SMILES string of the molecule is O=C(CNc1cccc(C(=O)N2CCOCC2)c1)NCC1CCCO1. The number of nitrogens with one attached hydrogen (secondary N) is 2. The van der Waals surface area contributed by atoms with Gasteiger partial charge in [-0.3, -0.25) is 9.59 Å². The molecule has 1 atom stereocenters. The third-order valence-electron chi connectivity index (χ3n) is 4.41. The Kier molecular flexibility index (Phi) is 6.25. The van der Waals surface area contributed by atoms with E-state index < -0.39 is 0 Å². The van der Waals surface area contributed by atoms with Crippen LogP contribution in [0, 0.1) is 0 Å². The number of carbonyl (C=O) groups excluding carboxylic acids is 2. The van der Waals surface area contributed by atoms with Crippen molar-refractivity contribution in [1.29, 1.82) is 0 Å². The molecule has 2 saturated heterocycles. The summed E-state index contributed by atoms with van der Waals surface area (Å²) in [5.74, 6) is -0.0878. The molecule has 2 aliphatic rings. The van der Waals surface area contributed by atoms with Gasteiger partial charge >= 0.3 is 0 Å². The van der Waals surface area contributed by atoms with Gasteiger partial charge < -0.3 is 25.0 Å². The van der Waals surface area contributed by atoms with Crippen LogP contribution in [0.15, 0.2) is 24.3 Å². The minimum atomic E-state index is -0.0830. The molecule has 2 fully saturated rings. The highest BCUT2D eigenvalue weighted by Gasteiger charge is 2.19. The van der Waals surface area contributed by atoms with Crippen LogP contribution in [-0.4, -0.2) is 68.8 Å². The number of ether oxygens (including phenoxy) is 2. The normalized spacial score (nSPS) is 20.3. The predicted molar refractivity (Wildman–Crippen MR) is 93.6 cm³/mol. The molecule has 2 amide bonds. The summed E-state index contributed by atoms with van der Waals surface area (Å²) in [4.78, 5) is 26.2. The van der Waals surface area contributed by atoms with Gasteiger partial charge in [-0.25, -0.2) is 0 Å². The minimum absolute atomic E-state index is 0.00483. The summed E-state index contributed by atoms with van der Waals surface area (Å²) in [5.41, 5.74) is 1.37. The molecule has 2 aliphatic heterocycles. The number of benzene rings is 1. The molecular formula is C18H25N3O4. The molecule has 136 valence electrons. The Balaban J connectivity index is 1.47. The van der Waals surface area contributed by atoms with Crippen LogP contribution >= 0.6 is 0 Å². The van der Waals surface area contributed by atoms with E-state index in [1.165, 1.54) is 0 Å². The number of morpholine rings is 1. The second kappa shape index (κ2) is 8.82. The number of rotatable bonds is 6. The zero-order chi connectivity index (χ0) is 17.5. The molecule has 0 bridgehead atoms. The fourth-order valence-electron chi connectivity index (χ4n) is 2.99. The standard InChI is InChI=1S/C18H25N3O4/c22-17(20-12-16-5-2-8-25-16)13-19-15-4-1-3-14(11-15)18(23)21-6-9-24-10-7-21/h1,3-4,11,16,19H,2,5-10,12-13H2,(H,20,22). The molecule has 2 heterocycles. The summed E-state index contributed by atoms with van der Waals surface area (Å²) >= 11 is 0. The van der Waals surface area contributed by atoms with Crippen molar-refractivity contribution in [2.45, 2.75) is 18.9 Å². The lowest BCUT2D eigenvalue weighted by atomic mass is 10.1. The smallest absolute Gasteiger partial charge is 0.254 e. The molecule has 25 heavy (non-hydrogen) atoms. The first-order valence-corrected chi connectivity index (χ1v) is 8.81. The molecule has 7 heteroatoms. The van der Waals surface area contributed by atoms with Crippen molar-refractivity contribution in [2.24, 2.45) is 0 Å². The predicted octanol–water partition coefficient (Wildman–Crippen LogP) is 0.866. The molecule has 3 rings (SSSR count). The van der Waals surface area contributed by atoms with Crippen LogP contribution in [0.3, 0.4) is 0 Å². The lowest BCUT2D eigenvalue weighted by Gasteiger charge is -2.27. The highest BCUT2D eigenvalue weighted by atomic mass is 16.5. The van der Waals surface area contributed by atoms with Crippen LogP contribution in [0.1, 0.15) is 23.2 Å². The van der Waals surface area contributed by atoms with Gasteiger partial charge in [0.2, 0.25) is 5.91 Å². The number of amides is 2. The van der Waals surface area contributed by atoms with Gasteiger partial charge in [-0.1, -0.05) is 6.07 Å². The summed E-state index contributed by atoms with van der Waals surface area (Å²) in [5, 5.41) is 5.94. The molecule has 0 aromatic heterocycles. The maximum absolute atomic E-state index is 12.5. The second-order valence-electron chi connectivity index (χ2n) is 6.28. The van der Waals surface area contributed by atoms with E-state index in [2.05, 4.69) is 10.6 Å². The van der Waals surface area contributed by atoms with E-state index in [1.807, 2.05) is 12.1 Å². The van der Waals surface area contributed by atoms with E-state index in [0.717, 1.165) is 25.1 Å². The largest absolute Gasteiger partial charge is 0.378 e. The van der Waals surface area contributed by atoms with Gasteiger partial charge in [-0.05, 0) is 31.0 Å². The average Bonchev–Trinajstić information content (AvgIpc) is 3.19. The third kappa shape index (κ3) is 5.17. The van der Waals surface area contributed by atoms with Crippen LogP contribution in [0.5, 0.6) is 0 Å². The lowest BCUT2D eigenvalue weighted by Crippen LogP contribution is -2.40. The van der Waals surface area contributed by atoms with Gasteiger partial charge in [0.15, 0.2) is 0 Å². The van der Waals surface area contributed by atoms with Crippen molar-refractivity contribution >= 4 is 17.5 Å². The molecule has 0 spiro atoms. The zero-order valence-electron chi connectivity index (χ0n) is 14.3. The molecule has 0 radical (unpaired) electrons. The fraction of sp³-hybridized carbons (Fsp3) is 0.556. The van der Waals surface area contributed by atoms with Crippen LogP contribution in [0.25, 0.3) is 0 Å². The quantitative estimate of drug-likeness (QED) is 0.798. The fourth-order valence-corrected chi connectivity index (χ4v) is 2.99. The summed E-state index contributed by atoms with van der Waals surface area (Å²) in [6.45, 7) is 3.88. The Morgan fingerprint density at radius 1 is 1.20 bits per heavy atom. The van der Waals surface area contributed by atoms with Crippen molar-refractivity contribution in [3.8, 4) is 0 Å². The van der Waals surface area contributed by atoms with E-state index in [1.54, 1.807) is 17.0 Å². The maximum atomic E-state index is 12.5. The van der Waals surface area contributed by atoms with E-state index in [0.29, 0.717) is 38.4 Å². The van der Waals surface area contributed by atoms with Crippen molar-refractivity contribution in [2.75, 3.05) is 51.3 Å². The first-order valence-electron chi connectivity index (χ1n) is 8.81. The number of hydrogen-bond donors (Lipinski definition) is 2. The lowest BCUT2D eigenvalue weighted by molar-refractivity contribution is -0.119. The van der Waals surface area contributed by atoms with Gasteiger partial charge in [0.1, 0.15) is 0 Å². The third-order valence-corrected chi connectivity index (χ3v) is 4.41. The van der Waals surface area contributed by atoms with Crippen molar-refractivity contribution in [1.82, 2.24) is 10.2 Å². The zero-order valence-corrected chi connectivity index (χ0v) is 14.3. The van der Waals surface area contributed by atoms with Gasteiger partial charge in [-0.15, -0.1) is 0 Å². The van der Waals surface area contributed by atoms with Crippen molar-refractivity contribution < 1.29 is 19.1 Å². The first kappa shape index (κ1) is 17.7. The van der Waals surface area contributed by atoms with Crippen LogP contribution in [0.2, 0.25) is 0 Å². The number of nitrogens with zero attached hydrogens (tertiary/aromatic N) is 1. The van der Waals surface area contributed by atoms with Gasteiger partial charge in [0.05, 0.1) is 25.9 Å². The molecule has 0 saturated carbocycles. The van der Waals surface area contributed by atoms with E-state index in [9.17, 15) is 9.59 Å². The first-order chi connectivity index (χ1) is 12.2. The monoisotopic (exact) mass is 347 g/mol. The summed E-state index contributed by atoms with van der Waals surface area (Å²) < 4.78 is 10.8. The molecule has 1 aromatic carbocycles. The summed E-state index contributed by atoms with van der Waals surface area (Å²) in [6.07, 6.45) is 2.20. The number of anilines is 1. The number of carbonyl (C=O) groups is 2. The van der Waals surface area contributed by atoms with Crippen LogP contribution in [-0.2, 0) is 14.3 Å². The van der Waals surface area contributed by atoms with E-state index >= 15 is 0 Å². The summed E-state index contributed by atoms with van der Waals surface area (Å²) in [7, 11) is 0. The van der Waals surface area contributed by atoms with Crippen molar-refractivity contribution in [3.05, 3.63) is 29.8 Å². The van der Waals surface area contributed by atoms with E-state index in [4.69, 9.17) is 9.47 Å². The van der Waals surface area contributed by atoms with Crippen molar-refractivity contribution in [3.63, 3.8) is 0 Å². The highest BCUT2D eigenvalue weighted by Crippen LogP contribution is 2.14. The van der Waals surface area contributed by atoms with Gasteiger partial charge in [0.25, 0.3) is 5.91 Å². The highest BCUT2D eigenvalue weighted by molar-refractivity contribution is 5.95. The minimum Gasteiger partial charge on any atom is -0.378 e. The van der Waals surface area contributed by atoms with Crippen LogP contribution < -0.4 is 10.6 Å². The molecule has 1 unspecified atom stereocenters. The van der Waals surface area contributed by atoms with Gasteiger partial charge in [-0.2, -0.15) is 0 Å². The topological polar surface area (TPSA) is 79.9 Å². The second-order valence-corrected chi connectivity index (χ2v) is 6.28. The number of hydrogen-bond acceptors (Lipinski definition) is 5. The Labute approximate surface area is 147 Å². The molecule has 1 aromatic rings. The molecule has 7 nitrogen and oxygen atoms in total.